The molecular weight excluding hydrogens is 293 g/mol. The second-order valence-corrected chi connectivity index (χ2v) is 6.61. The van der Waals surface area contributed by atoms with Gasteiger partial charge in [0.1, 0.15) is 18.2 Å². The van der Waals surface area contributed by atoms with Gasteiger partial charge in [-0.25, -0.2) is 17.5 Å². The lowest BCUT2D eigenvalue weighted by Gasteiger charge is -2.25. The van der Waals surface area contributed by atoms with Crippen LogP contribution in [0.15, 0.2) is 53.4 Å². The van der Waals surface area contributed by atoms with Gasteiger partial charge in [-0.2, -0.15) is 0 Å². The highest BCUT2D eigenvalue weighted by Crippen LogP contribution is 2.24. The monoisotopic (exact) mass is 307 g/mol. The van der Waals surface area contributed by atoms with Crippen LogP contribution in [0.1, 0.15) is 5.56 Å². The Kier molecular flexibility index (Phi) is 3.65. The maximum absolute atomic E-state index is 13.2. The van der Waals surface area contributed by atoms with Crippen molar-refractivity contribution < 1.29 is 17.5 Å². The second kappa shape index (κ2) is 5.46. The minimum Gasteiger partial charge on any atom is -0.492 e. The van der Waals surface area contributed by atoms with Crippen LogP contribution in [0.5, 0.6) is 5.75 Å². The van der Waals surface area contributed by atoms with Crippen LogP contribution in [0.2, 0.25) is 0 Å². The smallest absolute Gasteiger partial charge is 0.241 e. The number of sulfonamides is 1. The molecule has 4 nitrogen and oxygen atoms in total. The zero-order valence-corrected chi connectivity index (χ0v) is 11.9. The van der Waals surface area contributed by atoms with Gasteiger partial charge < -0.3 is 4.74 Å². The van der Waals surface area contributed by atoms with Crippen molar-refractivity contribution in [1.82, 2.24) is 4.72 Å². The third kappa shape index (κ3) is 3.06. The minimum absolute atomic E-state index is 0.0821. The molecule has 0 unspecified atom stereocenters. The van der Waals surface area contributed by atoms with Gasteiger partial charge in [0.2, 0.25) is 10.0 Å². The molecule has 0 bridgehead atoms. The van der Waals surface area contributed by atoms with Crippen LogP contribution in [-0.2, 0) is 16.4 Å². The average molecular weight is 307 g/mol. The van der Waals surface area contributed by atoms with Gasteiger partial charge in [-0.1, -0.05) is 24.3 Å². The summed E-state index contributed by atoms with van der Waals surface area (Å²) in [5, 5.41) is 0. The third-order valence-electron chi connectivity index (χ3n) is 3.31. The topological polar surface area (TPSA) is 55.4 Å². The molecule has 2 aromatic rings. The number of ether oxygens (including phenoxy) is 1. The normalized spacial score (nSPS) is 17.9. The third-order valence-corrected chi connectivity index (χ3v) is 4.83. The minimum atomic E-state index is -3.75. The fourth-order valence-electron chi connectivity index (χ4n) is 2.33. The van der Waals surface area contributed by atoms with E-state index in [0.717, 1.165) is 17.4 Å². The first-order valence-corrected chi connectivity index (χ1v) is 8.01. The van der Waals surface area contributed by atoms with Gasteiger partial charge in [0, 0.05) is 0 Å². The lowest BCUT2D eigenvalue weighted by Crippen LogP contribution is -2.42. The van der Waals surface area contributed by atoms with Gasteiger partial charge in [-0.3, -0.25) is 0 Å². The molecule has 0 saturated carbocycles. The van der Waals surface area contributed by atoms with Crippen LogP contribution in [0.25, 0.3) is 0 Å². The Hall–Kier alpha value is -1.92. The molecule has 0 radical (unpaired) electrons. The fraction of sp³-hybridized carbons (Fsp3) is 0.200. The molecule has 2 aromatic carbocycles. The highest BCUT2D eigenvalue weighted by molar-refractivity contribution is 7.89. The number of hydrogen-bond acceptors (Lipinski definition) is 3. The van der Waals surface area contributed by atoms with E-state index < -0.39 is 15.8 Å². The van der Waals surface area contributed by atoms with Gasteiger partial charge in [0.25, 0.3) is 0 Å². The summed E-state index contributed by atoms with van der Waals surface area (Å²) in [6, 6.07) is 12.1. The SMILES string of the molecule is O=S(=O)(N[C@H]1COc2ccccc2C1)c1cccc(F)c1. The summed E-state index contributed by atoms with van der Waals surface area (Å²) in [6.45, 7) is 0.256. The van der Waals surface area contributed by atoms with E-state index in [4.69, 9.17) is 4.74 Å². The molecule has 1 aliphatic heterocycles. The maximum atomic E-state index is 13.2. The molecule has 0 saturated heterocycles. The van der Waals surface area contributed by atoms with Crippen molar-refractivity contribution in [1.29, 1.82) is 0 Å². The van der Waals surface area contributed by atoms with Crippen LogP contribution in [0, 0.1) is 5.82 Å². The Labute approximate surface area is 122 Å². The summed E-state index contributed by atoms with van der Waals surface area (Å²) >= 11 is 0. The van der Waals surface area contributed by atoms with E-state index in [1.54, 1.807) is 0 Å². The number of nitrogens with one attached hydrogen (secondary N) is 1. The summed E-state index contributed by atoms with van der Waals surface area (Å²) in [6.07, 6.45) is 0.546. The van der Waals surface area contributed by atoms with Gasteiger partial charge in [0.05, 0.1) is 10.9 Å². The molecule has 6 heteroatoms. The molecule has 1 atom stereocenters. The van der Waals surface area contributed by atoms with Crippen LogP contribution < -0.4 is 9.46 Å². The van der Waals surface area contributed by atoms with Crippen molar-refractivity contribution in [3.8, 4) is 5.75 Å². The lowest BCUT2D eigenvalue weighted by atomic mass is 10.0. The zero-order chi connectivity index (χ0) is 14.9. The highest BCUT2D eigenvalue weighted by Gasteiger charge is 2.25. The summed E-state index contributed by atoms with van der Waals surface area (Å²) in [7, 11) is -3.75. The highest BCUT2D eigenvalue weighted by atomic mass is 32.2. The molecule has 1 N–H and O–H groups in total. The predicted molar refractivity (Wildman–Crippen MR) is 76.2 cm³/mol. The summed E-state index contributed by atoms with van der Waals surface area (Å²) in [4.78, 5) is -0.0821. The second-order valence-electron chi connectivity index (χ2n) is 4.90. The van der Waals surface area contributed by atoms with Gasteiger partial charge in [0.15, 0.2) is 0 Å². The van der Waals surface area contributed by atoms with E-state index in [9.17, 15) is 12.8 Å². The number of benzene rings is 2. The lowest BCUT2D eigenvalue weighted by molar-refractivity contribution is 0.254. The Bertz CT molecular complexity index is 761. The zero-order valence-electron chi connectivity index (χ0n) is 11.1. The quantitative estimate of drug-likeness (QED) is 0.945. The molecule has 1 aliphatic rings. The van der Waals surface area contributed by atoms with Crippen molar-refractivity contribution in [2.45, 2.75) is 17.4 Å². The Morgan fingerprint density at radius 3 is 2.76 bits per heavy atom. The van der Waals surface area contributed by atoms with Crippen molar-refractivity contribution in [3.05, 3.63) is 59.9 Å². The summed E-state index contributed by atoms with van der Waals surface area (Å²) < 4.78 is 45.7. The molecular formula is C15H14FNO3S. The van der Waals surface area contributed by atoms with Crippen LogP contribution in [-0.4, -0.2) is 21.1 Å². The summed E-state index contributed by atoms with van der Waals surface area (Å²) in [5.41, 5.74) is 0.954. The first-order chi connectivity index (χ1) is 10.0. The maximum Gasteiger partial charge on any atom is 0.241 e. The Morgan fingerprint density at radius 2 is 1.95 bits per heavy atom. The number of halogens is 1. The Morgan fingerprint density at radius 1 is 1.14 bits per heavy atom. The number of fused-ring (bicyclic) bond motifs is 1. The van der Waals surface area contributed by atoms with Crippen LogP contribution >= 0.6 is 0 Å². The molecule has 0 spiro atoms. The number of hydrogen-bond donors (Lipinski definition) is 1. The number of para-hydroxylation sites is 1. The van der Waals surface area contributed by atoms with Crippen molar-refractivity contribution in [2.24, 2.45) is 0 Å². The van der Waals surface area contributed by atoms with E-state index in [0.29, 0.717) is 6.42 Å². The largest absolute Gasteiger partial charge is 0.492 e. The van der Waals surface area contributed by atoms with Crippen molar-refractivity contribution in [3.63, 3.8) is 0 Å². The van der Waals surface area contributed by atoms with Crippen LogP contribution in [0.3, 0.4) is 0 Å². The molecule has 0 amide bonds. The van der Waals surface area contributed by atoms with E-state index in [1.807, 2.05) is 24.3 Å². The van der Waals surface area contributed by atoms with E-state index >= 15 is 0 Å². The predicted octanol–water partition coefficient (Wildman–Crippen LogP) is 2.11. The summed E-state index contributed by atoms with van der Waals surface area (Å²) in [5.74, 6) is 0.196. The Balaban J connectivity index is 1.78. The van der Waals surface area contributed by atoms with Gasteiger partial charge in [-0.05, 0) is 36.2 Å². The first kappa shape index (κ1) is 14.0. The van der Waals surface area contributed by atoms with E-state index in [2.05, 4.69) is 4.72 Å². The molecule has 3 rings (SSSR count). The first-order valence-electron chi connectivity index (χ1n) is 6.53. The standard InChI is InChI=1S/C15H14FNO3S/c16-12-5-3-6-14(9-12)21(18,19)17-13-8-11-4-1-2-7-15(11)20-10-13/h1-7,9,13,17H,8,10H2/t13-/m1/s1. The van der Waals surface area contributed by atoms with Crippen LogP contribution in [0.4, 0.5) is 4.39 Å². The molecule has 0 aliphatic carbocycles. The average Bonchev–Trinajstić information content (AvgIpc) is 2.47. The van der Waals surface area contributed by atoms with Crippen molar-refractivity contribution in [2.75, 3.05) is 6.61 Å². The fourth-order valence-corrected chi connectivity index (χ4v) is 3.58. The molecule has 0 fully saturated rings. The molecule has 110 valence electrons. The molecule has 0 aromatic heterocycles. The molecule has 21 heavy (non-hydrogen) atoms. The van der Waals surface area contributed by atoms with E-state index in [-0.39, 0.29) is 17.5 Å². The van der Waals surface area contributed by atoms with Gasteiger partial charge >= 0.3 is 0 Å². The van der Waals surface area contributed by atoms with Gasteiger partial charge in [-0.15, -0.1) is 0 Å². The van der Waals surface area contributed by atoms with E-state index in [1.165, 1.54) is 18.2 Å². The number of rotatable bonds is 3. The molecule has 1 heterocycles. The van der Waals surface area contributed by atoms with Crippen molar-refractivity contribution >= 4 is 10.0 Å².